The van der Waals surface area contributed by atoms with Gasteiger partial charge >= 0.3 is 5.97 Å². The molecule has 0 aliphatic carbocycles. The van der Waals surface area contributed by atoms with Crippen LogP contribution < -0.4 is 0 Å². The Morgan fingerprint density at radius 1 is 0.606 bits per heavy atom. The molecule has 3 N–H and O–H groups in total. The van der Waals surface area contributed by atoms with E-state index >= 15 is 0 Å². The maximum absolute atomic E-state index is 10.4. The maximum Gasteiger partial charge on any atom is 0.303 e. The van der Waals surface area contributed by atoms with Crippen LogP contribution in [0.5, 0.6) is 0 Å². The third-order valence-electron chi connectivity index (χ3n) is 5.43. The van der Waals surface area contributed by atoms with Crippen LogP contribution in [-0.2, 0) is 4.79 Å². The highest BCUT2D eigenvalue weighted by Gasteiger charge is 2.13. The first-order chi connectivity index (χ1) is 15.9. The van der Waals surface area contributed by atoms with Gasteiger partial charge in [0.1, 0.15) is 0 Å². The van der Waals surface area contributed by atoms with Crippen molar-refractivity contribution in [2.45, 2.75) is 135 Å². The van der Waals surface area contributed by atoms with Gasteiger partial charge in [0.2, 0.25) is 0 Å². The Morgan fingerprint density at radius 3 is 1.36 bits per heavy atom. The third-order valence-corrected chi connectivity index (χ3v) is 5.43. The quantitative estimate of drug-likeness (QED) is 0.149. The lowest BCUT2D eigenvalue weighted by molar-refractivity contribution is -0.137. The number of rotatable bonds is 21. The number of carboxylic acids is 1. The lowest BCUT2D eigenvalue weighted by Gasteiger charge is -2.19. The third kappa shape index (κ3) is 38.9. The van der Waals surface area contributed by atoms with Gasteiger partial charge in [0, 0.05) is 6.42 Å². The molecule has 0 heterocycles. The average Bonchev–Trinajstić information content (AvgIpc) is 2.81. The Bertz CT molecular complexity index is 331. The minimum atomic E-state index is -0.710. The number of aliphatic hydroxyl groups excluding tert-OH is 2. The summed E-state index contributed by atoms with van der Waals surface area (Å²) in [4.78, 5) is 10.4. The van der Waals surface area contributed by atoms with Gasteiger partial charge in [-0.1, -0.05) is 144 Å². The molecule has 4 nitrogen and oxygen atoms in total. The van der Waals surface area contributed by atoms with Crippen LogP contribution in [0.3, 0.4) is 0 Å². The molecule has 197 valence electrons. The second-order valence-electron chi connectivity index (χ2n) is 8.82. The Morgan fingerprint density at radius 2 is 0.970 bits per heavy atom. The van der Waals surface area contributed by atoms with E-state index in [4.69, 9.17) is 10.2 Å². The summed E-state index contributed by atoms with van der Waals surface area (Å²) in [6.07, 6.45) is 20.1. The topological polar surface area (TPSA) is 77.8 Å². The molecule has 0 aromatic heterocycles. The Kier molecular flexibility index (Phi) is 37.6. The molecule has 33 heavy (non-hydrogen) atoms. The zero-order valence-electron chi connectivity index (χ0n) is 21.8. The van der Waals surface area contributed by atoms with E-state index in [1.807, 2.05) is 0 Å². The van der Waals surface area contributed by atoms with Gasteiger partial charge in [-0.05, 0) is 18.8 Å². The van der Waals surface area contributed by atoms with E-state index < -0.39 is 12.1 Å². The molecule has 0 saturated heterocycles. The number of aliphatic carboxylic acids is 1. The van der Waals surface area contributed by atoms with Crippen molar-refractivity contribution in [3.05, 3.63) is 34.6 Å². The highest BCUT2D eigenvalue weighted by Crippen LogP contribution is 2.23. The molecule has 0 aromatic rings. The van der Waals surface area contributed by atoms with Crippen molar-refractivity contribution in [3.63, 3.8) is 0 Å². The number of hydrogen-bond donors (Lipinski definition) is 3. The van der Waals surface area contributed by atoms with Crippen LogP contribution in [0.2, 0.25) is 0 Å². The smallest absolute Gasteiger partial charge is 0.303 e. The standard InChI is InChI=1S/C17H33O4.2C6H12/c1-2-3-7-10-15(13-16(19)14-18)11-8-5-4-6-9-12-17(20)21;2*1-3-5-6-4-2/h15-16,18-19H,1-14H2,(H,20,21);2*1-6H2. The van der Waals surface area contributed by atoms with Crippen molar-refractivity contribution in [2.75, 3.05) is 6.61 Å². The number of carbonyl (C=O) groups is 1. The fourth-order valence-corrected chi connectivity index (χ4v) is 3.40. The highest BCUT2D eigenvalue weighted by atomic mass is 16.4. The minimum absolute atomic E-state index is 0.152. The van der Waals surface area contributed by atoms with E-state index in [0.717, 1.165) is 89.9 Å². The SMILES string of the molecule is [CH2]CCCCC(CCCCCCCC(=O)O)CC(O)CO.[CH2]CCCC[CH2].[CH2]CCCC[CH2]. The molecule has 0 rings (SSSR count). The summed E-state index contributed by atoms with van der Waals surface area (Å²) >= 11 is 0. The maximum atomic E-state index is 10.4. The lowest BCUT2D eigenvalue weighted by Crippen LogP contribution is -2.17. The molecule has 0 bridgehead atoms. The van der Waals surface area contributed by atoms with Crippen LogP contribution in [-0.4, -0.2) is 34.0 Å². The summed E-state index contributed by atoms with van der Waals surface area (Å²) in [7, 11) is 0. The van der Waals surface area contributed by atoms with Gasteiger partial charge < -0.3 is 15.3 Å². The molecule has 0 amide bonds. The van der Waals surface area contributed by atoms with E-state index in [0.29, 0.717) is 12.3 Å². The van der Waals surface area contributed by atoms with Crippen LogP contribution in [0.1, 0.15) is 128 Å². The van der Waals surface area contributed by atoms with Crippen molar-refractivity contribution in [2.24, 2.45) is 5.92 Å². The molecule has 5 radical (unpaired) electrons. The van der Waals surface area contributed by atoms with Gasteiger partial charge in [-0.25, -0.2) is 0 Å². The molecule has 0 aromatic carbocycles. The molecule has 0 spiro atoms. The Hall–Kier alpha value is -0.610. The van der Waals surface area contributed by atoms with Gasteiger partial charge in [0.05, 0.1) is 12.7 Å². The van der Waals surface area contributed by atoms with Crippen molar-refractivity contribution >= 4 is 5.97 Å². The summed E-state index contributed by atoms with van der Waals surface area (Å²) in [5.74, 6) is -0.226. The molecule has 0 fully saturated rings. The van der Waals surface area contributed by atoms with E-state index in [-0.39, 0.29) is 13.0 Å². The number of hydrogen-bond acceptors (Lipinski definition) is 3. The number of carboxylic acid groups (broad SMARTS) is 1. The average molecular weight is 470 g/mol. The predicted molar refractivity (Wildman–Crippen MR) is 143 cm³/mol. The van der Waals surface area contributed by atoms with E-state index in [1.54, 1.807) is 0 Å². The molecule has 2 unspecified atom stereocenters. The highest BCUT2D eigenvalue weighted by molar-refractivity contribution is 5.66. The summed E-state index contributed by atoms with van der Waals surface area (Å²) in [6.45, 7) is 18.5. The molecule has 2 atom stereocenters. The fraction of sp³-hybridized carbons (Fsp3) is 0.793. The van der Waals surface area contributed by atoms with Crippen LogP contribution in [0, 0.1) is 40.5 Å². The largest absolute Gasteiger partial charge is 0.481 e. The summed E-state index contributed by atoms with van der Waals surface area (Å²) in [5, 5.41) is 27.1. The first kappa shape index (κ1) is 36.9. The zero-order valence-corrected chi connectivity index (χ0v) is 21.8. The van der Waals surface area contributed by atoms with Gasteiger partial charge in [-0.2, -0.15) is 0 Å². The van der Waals surface area contributed by atoms with Crippen LogP contribution in [0.15, 0.2) is 0 Å². The van der Waals surface area contributed by atoms with E-state index in [9.17, 15) is 9.90 Å². The van der Waals surface area contributed by atoms with Gasteiger partial charge in [0.25, 0.3) is 0 Å². The molecule has 0 aliphatic rings. The second-order valence-corrected chi connectivity index (χ2v) is 8.82. The van der Waals surface area contributed by atoms with E-state index in [1.165, 1.54) is 25.7 Å². The normalized spacial score (nSPS) is 12.2. The van der Waals surface area contributed by atoms with Crippen molar-refractivity contribution in [1.82, 2.24) is 0 Å². The Balaban J connectivity index is -0.000000611. The minimum Gasteiger partial charge on any atom is -0.481 e. The summed E-state index contributed by atoms with van der Waals surface area (Å²) < 4.78 is 0. The van der Waals surface area contributed by atoms with Crippen molar-refractivity contribution < 1.29 is 20.1 Å². The number of unbranched alkanes of at least 4 members (excludes halogenated alkanes) is 12. The van der Waals surface area contributed by atoms with Crippen LogP contribution in [0.4, 0.5) is 0 Å². The number of aliphatic hydroxyl groups is 2. The van der Waals surface area contributed by atoms with Crippen LogP contribution in [0.25, 0.3) is 0 Å². The summed E-state index contributed by atoms with van der Waals surface area (Å²) in [5.41, 5.74) is 0. The van der Waals surface area contributed by atoms with Gasteiger partial charge in [-0.3, -0.25) is 4.79 Å². The predicted octanol–water partition coefficient (Wildman–Crippen LogP) is 7.99. The van der Waals surface area contributed by atoms with Crippen molar-refractivity contribution in [1.29, 1.82) is 0 Å². The second kappa shape index (κ2) is 33.6. The molecule has 0 saturated carbocycles. The molecular weight excluding hydrogens is 412 g/mol. The van der Waals surface area contributed by atoms with Gasteiger partial charge in [0.15, 0.2) is 0 Å². The first-order valence-electron chi connectivity index (χ1n) is 13.4. The molecule has 0 aliphatic heterocycles. The first-order valence-corrected chi connectivity index (χ1v) is 13.4. The van der Waals surface area contributed by atoms with E-state index in [2.05, 4.69) is 34.6 Å². The monoisotopic (exact) mass is 469 g/mol. The zero-order chi connectivity index (χ0) is 25.6. The van der Waals surface area contributed by atoms with Crippen LogP contribution >= 0.6 is 0 Å². The summed E-state index contributed by atoms with van der Waals surface area (Å²) in [6, 6.07) is 0. The lowest BCUT2D eigenvalue weighted by atomic mass is 9.90. The fourth-order valence-electron chi connectivity index (χ4n) is 3.40. The van der Waals surface area contributed by atoms with Crippen molar-refractivity contribution in [3.8, 4) is 0 Å². The molecular formula is C29H57O4. The molecule has 4 heteroatoms. The van der Waals surface area contributed by atoms with Gasteiger partial charge in [-0.15, -0.1) is 0 Å². The Labute approximate surface area is 208 Å².